The Labute approximate surface area is 183 Å². The van der Waals surface area contributed by atoms with Gasteiger partial charge in [0.25, 0.3) is 5.91 Å². The van der Waals surface area contributed by atoms with Crippen LogP contribution in [0.1, 0.15) is 47.1 Å². The maximum Gasteiger partial charge on any atom is 0.341 e. The van der Waals surface area contributed by atoms with Gasteiger partial charge < -0.3 is 15.4 Å². The first-order valence-corrected chi connectivity index (χ1v) is 10.7. The molecule has 2 rings (SSSR count). The second-order valence-electron chi connectivity index (χ2n) is 7.80. The van der Waals surface area contributed by atoms with Gasteiger partial charge in [0.05, 0.1) is 11.3 Å². The number of hydrogen-bond acceptors (Lipinski definition) is 5. The van der Waals surface area contributed by atoms with Crippen molar-refractivity contribution in [2.45, 2.75) is 41.5 Å². The molecular formula is C21H25BrN2O4S. The van der Waals surface area contributed by atoms with Gasteiger partial charge in [-0.15, -0.1) is 11.3 Å². The van der Waals surface area contributed by atoms with Crippen LogP contribution in [0, 0.1) is 26.2 Å². The molecule has 0 bridgehead atoms. The molecule has 0 atom stereocenters. The molecule has 0 spiro atoms. The summed E-state index contributed by atoms with van der Waals surface area (Å²) in [6, 6.07) is 5.52. The minimum absolute atomic E-state index is 0.199. The molecule has 156 valence electrons. The summed E-state index contributed by atoms with van der Waals surface area (Å²) in [5.41, 5.74) is 2.06. The van der Waals surface area contributed by atoms with Gasteiger partial charge >= 0.3 is 5.97 Å². The summed E-state index contributed by atoms with van der Waals surface area (Å²) in [6.45, 7) is 10.5. The van der Waals surface area contributed by atoms with Gasteiger partial charge in [-0.2, -0.15) is 0 Å². The van der Waals surface area contributed by atoms with Crippen LogP contribution < -0.4 is 10.6 Å². The normalized spacial score (nSPS) is 11.1. The summed E-state index contributed by atoms with van der Waals surface area (Å²) in [5, 5.41) is 5.94. The van der Waals surface area contributed by atoms with E-state index in [1.165, 1.54) is 11.3 Å². The first-order valence-electron chi connectivity index (χ1n) is 9.04. The highest BCUT2D eigenvalue weighted by Gasteiger charge is 2.27. The Kier molecular flexibility index (Phi) is 7.24. The fourth-order valence-electron chi connectivity index (χ4n) is 2.36. The molecule has 0 saturated heterocycles. The molecule has 2 amide bonds. The average Bonchev–Trinajstić information content (AvgIpc) is 2.88. The van der Waals surface area contributed by atoms with E-state index in [4.69, 9.17) is 4.74 Å². The van der Waals surface area contributed by atoms with Crippen LogP contribution in [0.3, 0.4) is 0 Å². The van der Waals surface area contributed by atoms with E-state index in [-0.39, 0.29) is 11.5 Å². The fourth-order valence-corrected chi connectivity index (χ4v) is 4.00. The van der Waals surface area contributed by atoms with Crippen molar-refractivity contribution in [2.24, 2.45) is 5.41 Å². The molecule has 29 heavy (non-hydrogen) atoms. The molecule has 0 fully saturated rings. The molecule has 0 unspecified atom stereocenters. The van der Waals surface area contributed by atoms with Crippen molar-refractivity contribution in [3.8, 4) is 0 Å². The molecule has 0 aliphatic carbocycles. The third kappa shape index (κ3) is 5.90. The SMILES string of the molecule is Cc1ccc(NC(=O)COC(=O)c2c(NC(=O)C(C)(C)C)sc(C)c2C)c(Br)c1. The second-order valence-corrected chi connectivity index (χ2v) is 9.88. The highest BCUT2D eigenvalue weighted by Crippen LogP contribution is 2.34. The number of carbonyl (C=O) groups is 3. The zero-order chi connectivity index (χ0) is 21.9. The lowest BCUT2D eigenvalue weighted by molar-refractivity contribution is -0.123. The van der Waals surface area contributed by atoms with Crippen molar-refractivity contribution < 1.29 is 19.1 Å². The van der Waals surface area contributed by atoms with Crippen molar-refractivity contribution in [3.05, 3.63) is 44.2 Å². The number of halogens is 1. The van der Waals surface area contributed by atoms with Crippen LogP contribution in [0.25, 0.3) is 0 Å². The molecule has 8 heteroatoms. The molecule has 1 aromatic heterocycles. The van der Waals surface area contributed by atoms with Crippen LogP contribution in [0.4, 0.5) is 10.7 Å². The van der Waals surface area contributed by atoms with Crippen LogP contribution in [-0.4, -0.2) is 24.4 Å². The van der Waals surface area contributed by atoms with E-state index in [0.717, 1.165) is 20.5 Å². The van der Waals surface area contributed by atoms with Crippen LogP contribution in [-0.2, 0) is 14.3 Å². The Morgan fingerprint density at radius 2 is 1.76 bits per heavy atom. The minimum Gasteiger partial charge on any atom is -0.452 e. The quantitative estimate of drug-likeness (QED) is 0.574. The fraction of sp³-hybridized carbons (Fsp3) is 0.381. The Balaban J connectivity index is 2.08. The van der Waals surface area contributed by atoms with Gasteiger partial charge in [0, 0.05) is 14.8 Å². The Bertz CT molecular complexity index is 960. The standard InChI is InChI=1S/C21H25BrN2O4S/c1-11-7-8-15(14(22)9-11)23-16(25)10-28-19(26)17-12(2)13(3)29-18(17)24-20(27)21(4,5)6/h7-9H,10H2,1-6H3,(H,23,25)(H,24,27). The summed E-state index contributed by atoms with van der Waals surface area (Å²) >= 11 is 4.71. The maximum absolute atomic E-state index is 12.6. The van der Waals surface area contributed by atoms with E-state index in [0.29, 0.717) is 10.7 Å². The van der Waals surface area contributed by atoms with Crippen LogP contribution >= 0.6 is 27.3 Å². The van der Waals surface area contributed by atoms with Gasteiger partial charge in [0.15, 0.2) is 6.61 Å². The first-order chi connectivity index (χ1) is 13.4. The lowest BCUT2D eigenvalue weighted by Gasteiger charge is -2.17. The zero-order valence-corrected chi connectivity index (χ0v) is 19.8. The van der Waals surface area contributed by atoms with Crippen molar-refractivity contribution in [2.75, 3.05) is 17.2 Å². The van der Waals surface area contributed by atoms with Crippen molar-refractivity contribution >= 4 is 55.7 Å². The smallest absolute Gasteiger partial charge is 0.341 e. The minimum atomic E-state index is -0.644. The second kappa shape index (κ2) is 9.09. The van der Waals surface area contributed by atoms with Gasteiger partial charge in [0.1, 0.15) is 5.00 Å². The van der Waals surface area contributed by atoms with E-state index >= 15 is 0 Å². The third-order valence-electron chi connectivity index (χ3n) is 4.23. The highest BCUT2D eigenvalue weighted by molar-refractivity contribution is 9.10. The molecule has 1 aromatic carbocycles. The van der Waals surface area contributed by atoms with Gasteiger partial charge in [0.2, 0.25) is 5.91 Å². The number of nitrogens with one attached hydrogen (secondary N) is 2. The molecule has 2 aromatic rings. The molecule has 1 heterocycles. The lowest BCUT2D eigenvalue weighted by Crippen LogP contribution is -2.28. The number of aryl methyl sites for hydroxylation is 2. The van der Waals surface area contributed by atoms with Crippen LogP contribution in [0.2, 0.25) is 0 Å². The molecule has 0 saturated carbocycles. The largest absolute Gasteiger partial charge is 0.452 e. The summed E-state index contributed by atoms with van der Waals surface area (Å²) in [5.74, 6) is -1.29. The summed E-state index contributed by atoms with van der Waals surface area (Å²) in [4.78, 5) is 38.1. The lowest BCUT2D eigenvalue weighted by atomic mass is 9.96. The van der Waals surface area contributed by atoms with Gasteiger partial charge in [-0.25, -0.2) is 4.79 Å². The summed E-state index contributed by atoms with van der Waals surface area (Å²) < 4.78 is 5.96. The highest BCUT2D eigenvalue weighted by atomic mass is 79.9. The van der Waals surface area contributed by atoms with E-state index in [1.54, 1.807) is 33.8 Å². The predicted octanol–water partition coefficient (Wildman–Crippen LogP) is 5.22. The average molecular weight is 481 g/mol. The number of anilines is 2. The third-order valence-corrected chi connectivity index (χ3v) is 6.01. The molecule has 0 aliphatic heterocycles. The number of amides is 2. The van der Waals surface area contributed by atoms with Crippen LogP contribution in [0.15, 0.2) is 22.7 Å². The Morgan fingerprint density at radius 3 is 2.34 bits per heavy atom. The van der Waals surface area contributed by atoms with Gasteiger partial charge in [-0.1, -0.05) is 26.8 Å². The van der Waals surface area contributed by atoms with E-state index in [9.17, 15) is 14.4 Å². The number of hydrogen-bond donors (Lipinski definition) is 2. The zero-order valence-electron chi connectivity index (χ0n) is 17.4. The Morgan fingerprint density at radius 1 is 1.10 bits per heavy atom. The van der Waals surface area contributed by atoms with Crippen molar-refractivity contribution in [1.29, 1.82) is 0 Å². The molecular weight excluding hydrogens is 456 g/mol. The molecule has 0 aliphatic rings. The molecule has 2 N–H and O–H groups in total. The topological polar surface area (TPSA) is 84.5 Å². The Hall–Kier alpha value is -2.19. The number of esters is 1. The van der Waals surface area contributed by atoms with Gasteiger partial charge in [-0.05, 0) is 60.0 Å². The van der Waals surface area contributed by atoms with Crippen LogP contribution in [0.5, 0.6) is 0 Å². The van der Waals surface area contributed by atoms with E-state index in [1.807, 2.05) is 26.0 Å². The number of rotatable bonds is 5. The van der Waals surface area contributed by atoms with Gasteiger partial charge in [-0.3, -0.25) is 9.59 Å². The maximum atomic E-state index is 12.6. The van der Waals surface area contributed by atoms with E-state index < -0.39 is 23.9 Å². The summed E-state index contributed by atoms with van der Waals surface area (Å²) in [6.07, 6.45) is 0. The predicted molar refractivity (Wildman–Crippen MR) is 120 cm³/mol. The molecule has 6 nitrogen and oxygen atoms in total. The van der Waals surface area contributed by atoms with Crippen molar-refractivity contribution in [3.63, 3.8) is 0 Å². The van der Waals surface area contributed by atoms with E-state index in [2.05, 4.69) is 26.6 Å². The number of thiophene rings is 1. The number of benzene rings is 1. The van der Waals surface area contributed by atoms with Crippen molar-refractivity contribution in [1.82, 2.24) is 0 Å². The monoisotopic (exact) mass is 480 g/mol. The number of carbonyl (C=O) groups excluding carboxylic acids is 3. The summed E-state index contributed by atoms with van der Waals surface area (Å²) in [7, 11) is 0. The molecule has 0 radical (unpaired) electrons. The first kappa shape index (κ1) is 23.1. The number of ether oxygens (including phenoxy) is 1.